The second-order valence-corrected chi connectivity index (χ2v) is 4.06. The molecule has 78 valence electrons. The molecule has 0 radical (unpaired) electrons. The van der Waals surface area contributed by atoms with Crippen LogP contribution in [0.1, 0.15) is 13.8 Å². The number of aliphatic hydroxyl groups is 1. The maximum absolute atomic E-state index is 9.30. The number of benzene rings is 1. The molecule has 0 aromatic heterocycles. The molecule has 1 rings (SSSR count). The summed E-state index contributed by atoms with van der Waals surface area (Å²) in [6.07, 6.45) is -0.440. The fraction of sp³-hybridized carbons (Fsp3) is 0.400. The molecule has 0 aliphatic heterocycles. The van der Waals surface area contributed by atoms with Crippen LogP contribution < -0.4 is 5.32 Å². The van der Waals surface area contributed by atoms with E-state index in [0.29, 0.717) is 10.0 Å². The quantitative estimate of drug-likeness (QED) is 0.841. The lowest BCUT2D eigenvalue weighted by Gasteiger charge is -2.18. The maximum Gasteiger partial charge on any atom is 0.0823 e. The van der Waals surface area contributed by atoms with Gasteiger partial charge in [-0.1, -0.05) is 29.3 Å². The van der Waals surface area contributed by atoms with Crippen LogP contribution in [0.25, 0.3) is 0 Å². The van der Waals surface area contributed by atoms with E-state index in [1.165, 1.54) is 0 Å². The minimum Gasteiger partial charge on any atom is -0.391 e. The number of halogens is 2. The number of hydrogen-bond acceptors (Lipinski definition) is 2. The number of aliphatic hydroxyl groups excluding tert-OH is 1. The van der Waals surface area contributed by atoms with Crippen molar-refractivity contribution in [3.63, 3.8) is 0 Å². The Kier molecular flexibility index (Phi) is 4.05. The maximum atomic E-state index is 9.30. The highest BCUT2D eigenvalue weighted by molar-refractivity contribution is 6.43. The normalized spacial score (nSPS) is 14.9. The molecule has 0 spiro atoms. The monoisotopic (exact) mass is 233 g/mol. The molecule has 0 amide bonds. The summed E-state index contributed by atoms with van der Waals surface area (Å²) in [5.74, 6) is 0. The first-order valence-corrected chi connectivity index (χ1v) is 5.16. The van der Waals surface area contributed by atoms with E-state index in [2.05, 4.69) is 5.32 Å². The lowest BCUT2D eigenvalue weighted by atomic mass is 10.2. The van der Waals surface area contributed by atoms with E-state index in [-0.39, 0.29) is 6.04 Å². The highest BCUT2D eigenvalue weighted by Crippen LogP contribution is 2.30. The van der Waals surface area contributed by atoms with E-state index in [1.54, 1.807) is 13.0 Å². The Morgan fingerprint density at radius 2 is 1.93 bits per heavy atom. The third-order valence-electron chi connectivity index (χ3n) is 2.06. The zero-order chi connectivity index (χ0) is 10.7. The second-order valence-electron chi connectivity index (χ2n) is 3.27. The van der Waals surface area contributed by atoms with Gasteiger partial charge in [0.1, 0.15) is 0 Å². The van der Waals surface area contributed by atoms with Crippen LogP contribution in [-0.2, 0) is 0 Å². The molecular weight excluding hydrogens is 221 g/mol. The molecule has 0 heterocycles. The van der Waals surface area contributed by atoms with Crippen LogP contribution in [-0.4, -0.2) is 17.3 Å². The summed E-state index contributed by atoms with van der Waals surface area (Å²) in [6, 6.07) is 5.30. The van der Waals surface area contributed by atoms with Crippen molar-refractivity contribution >= 4 is 28.9 Å². The minimum atomic E-state index is -0.440. The summed E-state index contributed by atoms with van der Waals surface area (Å²) < 4.78 is 0. The van der Waals surface area contributed by atoms with Gasteiger partial charge in [0.25, 0.3) is 0 Å². The number of nitrogens with one attached hydrogen (secondary N) is 1. The SMILES string of the molecule is CC(O)C(C)Nc1cccc(Cl)c1Cl. The lowest BCUT2D eigenvalue weighted by molar-refractivity contribution is 0.178. The van der Waals surface area contributed by atoms with Gasteiger partial charge in [0, 0.05) is 6.04 Å². The predicted octanol–water partition coefficient (Wildman–Crippen LogP) is 3.17. The van der Waals surface area contributed by atoms with Crippen LogP contribution in [0.4, 0.5) is 5.69 Å². The molecule has 0 aliphatic rings. The molecule has 0 bridgehead atoms. The first-order valence-electron chi connectivity index (χ1n) is 4.41. The summed E-state index contributed by atoms with van der Waals surface area (Å²) >= 11 is 11.8. The Morgan fingerprint density at radius 1 is 1.29 bits per heavy atom. The summed E-state index contributed by atoms with van der Waals surface area (Å²) in [5, 5.41) is 13.4. The highest BCUT2D eigenvalue weighted by Gasteiger charge is 2.11. The van der Waals surface area contributed by atoms with Crippen LogP contribution in [0, 0.1) is 0 Å². The number of hydrogen-bond donors (Lipinski definition) is 2. The van der Waals surface area contributed by atoms with Gasteiger partial charge in [0.05, 0.1) is 21.8 Å². The Balaban J connectivity index is 2.82. The standard InChI is InChI=1S/C10H13Cl2NO/c1-6(7(2)14)13-9-5-3-4-8(11)10(9)12/h3-7,13-14H,1-2H3. The van der Waals surface area contributed by atoms with Gasteiger partial charge >= 0.3 is 0 Å². The molecule has 14 heavy (non-hydrogen) atoms. The predicted molar refractivity (Wildman–Crippen MR) is 61.2 cm³/mol. The van der Waals surface area contributed by atoms with Crippen LogP contribution in [0.15, 0.2) is 18.2 Å². The van der Waals surface area contributed by atoms with Crippen LogP contribution in [0.2, 0.25) is 10.0 Å². The number of anilines is 1. The van der Waals surface area contributed by atoms with Gasteiger partial charge in [0.15, 0.2) is 0 Å². The van der Waals surface area contributed by atoms with E-state index >= 15 is 0 Å². The van der Waals surface area contributed by atoms with Gasteiger partial charge in [-0.2, -0.15) is 0 Å². The average molecular weight is 234 g/mol. The fourth-order valence-corrected chi connectivity index (χ4v) is 1.34. The van der Waals surface area contributed by atoms with Crippen LogP contribution >= 0.6 is 23.2 Å². The van der Waals surface area contributed by atoms with E-state index < -0.39 is 6.10 Å². The van der Waals surface area contributed by atoms with E-state index in [9.17, 15) is 5.11 Å². The van der Waals surface area contributed by atoms with Crippen molar-refractivity contribution in [1.29, 1.82) is 0 Å². The molecule has 0 fully saturated rings. The zero-order valence-corrected chi connectivity index (χ0v) is 9.60. The molecule has 4 heteroatoms. The van der Waals surface area contributed by atoms with Crippen LogP contribution in [0.3, 0.4) is 0 Å². The minimum absolute atomic E-state index is 0.0639. The van der Waals surface area contributed by atoms with Crippen molar-refractivity contribution < 1.29 is 5.11 Å². The Morgan fingerprint density at radius 3 is 2.50 bits per heavy atom. The van der Waals surface area contributed by atoms with Gasteiger partial charge < -0.3 is 10.4 Å². The van der Waals surface area contributed by atoms with Crippen molar-refractivity contribution in [3.8, 4) is 0 Å². The fourth-order valence-electron chi connectivity index (χ4n) is 0.981. The van der Waals surface area contributed by atoms with Crippen molar-refractivity contribution in [2.45, 2.75) is 26.0 Å². The highest BCUT2D eigenvalue weighted by atomic mass is 35.5. The van der Waals surface area contributed by atoms with E-state index in [4.69, 9.17) is 23.2 Å². The molecular formula is C10H13Cl2NO. The summed E-state index contributed by atoms with van der Waals surface area (Å²) in [6.45, 7) is 3.60. The summed E-state index contributed by atoms with van der Waals surface area (Å²) in [7, 11) is 0. The summed E-state index contributed by atoms with van der Waals surface area (Å²) in [4.78, 5) is 0. The molecule has 0 saturated heterocycles. The van der Waals surface area contributed by atoms with Crippen molar-refractivity contribution in [1.82, 2.24) is 0 Å². The van der Waals surface area contributed by atoms with E-state index in [0.717, 1.165) is 5.69 Å². The first kappa shape index (κ1) is 11.6. The molecule has 0 aliphatic carbocycles. The van der Waals surface area contributed by atoms with Crippen molar-refractivity contribution in [2.75, 3.05) is 5.32 Å². The summed E-state index contributed by atoms with van der Waals surface area (Å²) in [5.41, 5.74) is 0.743. The zero-order valence-electron chi connectivity index (χ0n) is 8.09. The van der Waals surface area contributed by atoms with Crippen LogP contribution in [0.5, 0.6) is 0 Å². The molecule has 1 aromatic rings. The van der Waals surface area contributed by atoms with Gasteiger partial charge in [-0.05, 0) is 26.0 Å². The smallest absolute Gasteiger partial charge is 0.0823 e. The van der Waals surface area contributed by atoms with Crippen molar-refractivity contribution in [3.05, 3.63) is 28.2 Å². The lowest BCUT2D eigenvalue weighted by Crippen LogP contribution is -2.27. The Labute approximate surface area is 93.8 Å². The van der Waals surface area contributed by atoms with E-state index in [1.807, 2.05) is 19.1 Å². The van der Waals surface area contributed by atoms with Gasteiger partial charge in [-0.3, -0.25) is 0 Å². The third-order valence-corrected chi connectivity index (χ3v) is 2.88. The number of rotatable bonds is 3. The molecule has 2 nitrogen and oxygen atoms in total. The Hall–Kier alpha value is -0.440. The second kappa shape index (κ2) is 4.87. The van der Waals surface area contributed by atoms with Gasteiger partial charge in [0.2, 0.25) is 0 Å². The van der Waals surface area contributed by atoms with Gasteiger partial charge in [-0.15, -0.1) is 0 Å². The van der Waals surface area contributed by atoms with Gasteiger partial charge in [-0.25, -0.2) is 0 Å². The molecule has 0 saturated carbocycles. The Bertz CT molecular complexity index is 315. The molecule has 1 aromatic carbocycles. The first-order chi connectivity index (χ1) is 6.52. The van der Waals surface area contributed by atoms with Crippen molar-refractivity contribution in [2.24, 2.45) is 0 Å². The molecule has 2 atom stereocenters. The largest absolute Gasteiger partial charge is 0.391 e. The molecule has 2 unspecified atom stereocenters. The topological polar surface area (TPSA) is 32.3 Å². The molecule has 2 N–H and O–H groups in total. The third kappa shape index (κ3) is 2.77. The average Bonchev–Trinajstić information content (AvgIpc) is 2.12.